The maximum absolute atomic E-state index is 12.4. The molecule has 1 amide bonds. The van der Waals surface area contributed by atoms with Gasteiger partial charge in [-0.15, -0.1) is 0 Å². The zero-order valence-electron chi connectivity index (χ0n) is 14.8. The number of para-hydroxylation sites is 1. The van der Waals surface area contributed by atoms with Crippen LogP contribution < -0.4 is 10.2 Å². The van der Waals surface area contributed by atoms with Gasteiger partial charge in [0.2, 0.25) is 5.91 Å². The van der Waals surface area contributed by atoms with E-state index >= 15 is 0 Å². The maximum atomic E-state index is 12.4. The number of nitrogens with one attached hydrogen (secondary N) is 1. The fourth-order valence-corrected chi connectivity index (χ4v) is 3.94. The number of carbonyl (C=O) groups is 1. The number of amides is 1. The largest absolute Gasteiger partial charge is 0.366 e. The molecule has 1 saturated heterocycles. The van der Waals surface area contributed by atoms with Crippen LogP contribution in [-0.4, -0.2) is 54.3 Å². The summed E-state index contributed by atoms with van der Waals surface area (Å²) in [7, 11) is 0. The summed E-state index contributed by atoms with van der Waals surface area (Å²) in [6.07, 6.45) is 1.73. The molecule has 7 heteroatoms. The molecule has 1 N–H and O–H groups in total. The molecular weight excluding hydrogens is 368 g/mol. The summed E-state index contributed by atoms with van der Waals surface area (Å²) in [6.45, 7) is 7.06. The Morgan fingerprint density at radius 3 is 2.69 bits per heavy atom. The van der Waals surface area contributed by atoms with Gasteiger partial charge in [0, 0.05) is 32.4 Å². The number of thioether (sulfide) groups is 1. The lowest BCUT2D eigenvalue weighted by atomic mass is 10.2. The van der Waals surface area contributed by atoms with E-state index in [9.17, 15) is 4.79 Å². The second-order valence-electron chi connectivity index (χ2n) is 6.06. The minimum Gasteiger partial charge on any atom is -0.366 e. The molecule has 138 valence electrons. The maximum Gasteiger partial charge on any atom is 0.234 e. The number of benzene rings is 1. The van der Waals surface area contributed by atoms with E-state index in [-0.39, 0.29) is 5.91 Å². The van der Waals surface area contributed by atoms with Crippen LogP contribution in [0.4, 0.5) is 11.4 Å². The van der Waals surface area contributed by atoms with Crippen molar-refractivity contribution in [3.05, 3.63) is 47.6 Å². The number of anilines is 2. The van der Waals surface area contributed by atoms with Gasteiger partial charge in [0.15, 0.2) is 0 Å². The second-order valence-corrected chi connectivity index (χ2v) is 7.46. The first-order valence-corrected chi connectivity index (χ1v) is 10.1. The van der Waals surface area contributed by atoms with E-state index in [1.165, 1.54) is 11.8 Å². The number of piperazine rings is 1. The highest BCUT2D eigenvalue weighted by atomic mass is 35.5. The van der Waals surface area contributed by atoms with Crippen molar-refractivity contribution in [3.8, 4) is 0 Å². The highest BCUT2D eigenvalue weighted by molar-refractivity contribution is 7.99. The van der Waals surface area contributed by atoms with E-state index in [1.54, 1.807) is 6.20 Å². The van der Waals surface area contributed by atoms with Crippen molar-refractivity contribution in [1.29, 1.82) is 0 Å². The normalized spacial score (nSPS) is 15.1. The fourth-order valence-electron chi connectivity index (χ4n) is 2.98. The number of hydrogen-bond acceptors (Lipinski definition) is 5. The van der Waals surface area contributed by atoms with Crippen LogP contribution in [0.3, 0.4) is 0 Å². The monoisotopic (exact) mass is 390 g/mol. The topological polar surface area (TPSA) is 48.5 Å². The third-order valence-electron chi connectivity index (χ3n) is 4.39. The lowest BCUT2D eigenvalue weighted by Gasteiger charge is -2.36. The molecule has 1 aliphatic heterocycles. The van der Waals surface area contributed by atoms with Gasteiger partial charge in [-0.1, -0.05) is 42.4 Å². The van der Waals surface area contributed by atoms with Crippen LogP contribution in [0.2, 0.25) is 5.02 Å². The van der Waals surface area contributed by atoms with Crippen LogP contribution in [0.15, 0.2) is 47.6 Å². The minimum absolute atomic E-state index is 0.0589. The zero-order chi connectivity index (χ0) is 18.4. The number of likely N-dealkylation sites (N-methyl/N-ethyl adjacent to an activating group) is 1. The molecule has 1 aromatic heterocycles. The van der Waals surface area contributed by atoms with Crippen molar-refractivity contribution in [2.24, 2.45) is 0 Å². The molecule has 0 bridgehead atoms. The number of halogens is 1. The molecule has 5 nitrogen and oxygen atoms in total. The first kappa shape index (κ1) is 19.0. The third kappa shape index (κ3) is 4.90. The molecule has 2 heterocycles. The fraction of sp³-hybridized carbons (Fsp3) is 0.368. The average molecular weight is 391 g/mol. The number of rotatable bonds is 6. The Morgan fingerprint density at radius 1 is 1.19 bits per heavy atom. The number of pyridine rings is 1. The highest BCUT2D eigenvalue weighted by Gasteiger charge is 2.21. The Labute approximate surface area is 163 Å². The average Bonchev–Trinajstić information content (AvgIpc) is 2.68. The Balaban J connectivity index is 1.66. The first-order valence-electron chi connectivity index (χ1n) is 8.77. The van der Waals surface area contributed by atoms with E-state index in [2.05, 4.69) is 27.0 Å². The predicted molar refractivity (Wildman–Crippen MR) is 109 cm³/mol. The van der Waals surface area contributed by atoms with Crippen LogP contribution >= 0.6 is 23.4 Å². The van der Waals surface area contributed by atoms with Crippen LogP contribution in [0.25, 0.3) is 0 Å². The van der Waals surface area contributed by atoms with Crippen LogP contribution in [0.1, 0.15) is 6.92 Å². The van der Waals surface area contributed by atoms with Gasteiger partial charge < -0.3 is 15.1 Å². The molecule has 1 aliphatic rings. The van der Waals surface area contributed by atoms with Crippen molar-refractivity contribution in [3.63, 3.8) is 0 Å². The Kier molecular flexibility index (Phi) is 6.77. The SMILES string of the molecule is CCN1CCN(c2c(Cl)cccc2NC(=O)CSc2ccccn2)CC1. The Bertz CT molecular complexity index is 736. The summed E-state index contributed by atoms with van der Waals surface area (Å²) in [4.78, 5) is 21.3. The van der Waals surface area contributed by atoms with Crippen LogP contribution in [0.5, 0.6) is 0 Å². The summed E-state index contributed by atoms with van der Waals surface area (Å²) in [5, 5.41) is 4.53. The Hall–Kier alpha value is -1.76. The van der Waals surface area contributed by atoms with E-state index < -0.39 is 0 Å². The molecule has 0 saturated carbocycles. The van der Waals surface area contributed by atoms with Crippen molar-refractivity contribution in [2.45, 2.75) is 11.9 Å². The lowest BCUT2D eigenvalue weighted by molar-refractivity contribution is -0.113. The van der Waals surface area contributed by atoms with Gasteiger partial charge in [0.25, 0.3) is 0 Å². The van der Waals surface area contributed by atoms with Gasteiger partial charge in [-0.05, 0) is 30.8 Å². The molecule has 1 aromatic carbocycles. The molecule has 0 spiro atoms. The van der Waals surface area contributed by atoms with Gasteiger partial charge in [0.1, 0.15) is 0 Å². The molecule has 0 radical (unpaired) electrons. The summed E-state index contributed by atoms with van der Waals surface area (Å²) >= 11 is 7.89. The molecule has 26 heavy (non-hydrogen) atoms. The van der Waals surface area contributed by atoms with Crippen LogP contribution in [0, 0.1) is 0 Å². The standard InChI is InChI=1S/C19H23ClN4OS/c1-2-23-10-12-24(13-11-23)19-15(20)6-5-7-16(19)22-17(25)14-26-18-8-3-4-9-21-18/h3-9H,2,10-14H2,1H3,(H,22,25). The van der Waals surface area contributed by atoms with E-state index in [4.69, 9.17) is 11.6 Å². The van der Waals surface area contributed by atoms with Crippen molar-refractivity contribution < 1.29 is 4.79 Å². The number of hydrogen-bond donors (Lipinski definition) is 1. The molecule has 0 atom stereocenters. The first-order chi connectivity index (χ1) is 12.7. The quantitative estimate of drug-likeness (QED) is 0.763. The lowest BCUT2D eigenvalue weighted by Crippen LogP contribution is -2.46. The van der Waals surface area contributed by atoms with Crippen molar-refractivity contribution >= 4 is 40.6 Å². The molecule has 0 unspecified atom stereocenters. The minimum atomic E-state index is -0.0589. The van der Waals surface area contributed by atoms with E-state index in [0.29, 0.717) is 10.8 Å². The number of aromatic nitrogens is 1. The van der Waals surface area contributed by atoms with Gasteiger partial charge in [-0.25, -0.2) is 4.98 Å². The van der Waals surface area contributed by atoms with Crippen molar-refractivity contribution in [1.82, 2.24) is 9.88 Å². The van der Waals surface area contributed by atoms with Crippen LogP contribution in [-0.2, 0) is 4.79 Å². The summed E-state index contributed by atoms with van der Waals surface area (Å²) < 4.78 is 0. The number of nitrogens with zero attached hydrogens (tertiary/aromatic N) is 3. The van der Waals surface area contributed by atoms with E-state index in [1.807, 2.05) is 36.4 Å². The summed E-state index contributed by atoms with van der Waals surface area (Å²) in [5.74, 6) is 0.253. The molecule has 0 aliphatic carbocycles. The van der Waals surface area contributed by atoms with Gasteiger partial charge in [0.05, 0.1) is 27.2 Å². The molecule has 1 fully saturated rings. The molecule has 3 rings (SSSR count). The summed E-state index contributed by atoms with van der Waals surface area (Å²) in [6, 6.07) is 11.3. The second kappa shape index (κ2) is 9.26. The van der Waals surface area contributed by atoms with Gasteiger partial charge >= 0.3 is 0 Å². The predicted octanol–water partition coefficient (Wildman–Crippen LogP) is 3.61. The highest BCUT2D eigenvalue weighted by Crippen LogP contribution is 2.34. The molecular formula is C19H23ClN4OS. The Morgan fingerprint density at radius 2 is 2.00 bits per heavy atom. The van der Waals surface area contributed by atoms with Gasteiger partial charge in [-0.2, -0.15) is 0 Å². The summed E-state index contributed by atoms with van der Waals surface area (Å²) in [5.41, 5.74) is 1.69. The van der Waals surface area contributed by atoms with Gasteiger partial charge in [-0.3, -0.25) is 4.79 Å². The smallest absolute Gasteiger partial charge is 0.234 e. The zero-order valence-corrected chi connectivity index (χ0v) is 16.4. The van der Waals surface area contributed by atoms with E-state index in [0.717, 1.165) is 49.1 Å². The third-order valence-corrected chi connectivity index (χ3v) is 5.63. The number of carbonyl (C=O) groups excluding carboxylic acids is 1. The van der Waals surface area contributed by atoms with Crippen molar-refractivity contribution in [2.75, 3.05) is 48.7 Å². The molecule has 2 aromatic rings.